The third-order valence-electron chi connectivity index (χ3n) is 4.51. The Labute approximate surface area is 157 Å². The summed E-state index contributed by atoms with van der Waals surface area (Å²) in [6, 6.07) is 10.1. The predicted octanol–water partition coefficient (Wildman–Crippen LogP) is 3.94. The van der Waals surface area contributed by atoms with Gasteiger partial charge in [-0.25, -0.2) is 4.39 Å². The lowest BCUT2D eigenvalue weighted by Crippen LogP contribution is -2.35. The smallest absolute Gasteiger partial charge is 0.270 e. The van der Waals surface area contributed by atoms with Crippen molar-refractivity contribution >= 4 is 28.4 Å². The molecule has 0 aliphatic rings. The highest BCUT2D eigenvalue weighted by molar-refractivity contribution is 6.01. The van der Waals surface area contributed by atoms with Gasteiger partial charge in [-0.1, -0.05) is 23.8 Å². The Morgan fingerprint density at radius 2 is 1.78 bits per heavy atom. The number of carbonyl (C=O) groups is 2. The lowest BCUT2D eigenvalue weighted by atomic mass is 10.1. The van der Waals surface area contributed by atoms with Gasteiger partial charge in [-0.3, -0.25) is 9.59 Å². The second kappa shape index (κ2) is 7.23. The Morgan fingerprint density at radius 1 is 1.11 bits per heavy atom. The average molecular weight is 367 g/mol. The van der Waals surface area contributed by atoms with Crippen LogP contribution in [0, 0.1) is 26.6 Å². The third kappa shape index (κ3) is 3.84. The zero-order valence-corrected chi connectivity index (χ0v) is 15.8. The number of likely N-dealkylation sites (N-methyl/N-ethyl adjacent to an activating group) is 1. The molecule has 2 N–H and O–H groups in total. The maximum absolute atomic E-state index is 13.8. The van der Waals surface area contributed by atoms with Crippen molar-refractivity contribution in [1.29, 1.82) is 0 Å². The first kappa shape index (κ1) is 18.6. The SMILES string of the molecule is Cc1cc(C)c(NC(=O)CN(C)C(=O)c2cc3c(F)cccc3[nH]2)c(C)c1. The summed E-state index contributed by atoms with van der Waals surface area (Å²) in [7, 11) is 1.54. The number of anilines is 1. The van der Waals surface area contributed by atoms with Crippen molar-refractivity contribution in [3.05, 3.63) is 64.6 Å². The van der Waals surface area contributed by atoms with E-state index in [1.165, 1.54) is 17.0 Å². The fraction of sp³-hybridized carbons (Fsp3) is 0.238. The molecule has 1 aromatic heterocycles. The Morgan fingerprint density at radius 3 is 2.41 bits per heavy atom. The summed E-state index contributed by atoms with van der Waals surface area (Å²) in [4.78, 5) is 29.2. The Bertz CT molecular complexity index is 1020. The monoisotopic (exact) mass is 367 g/mol. The molecule has 3 aromatic rings. The molecule has 0 atom stereocenters. The Balaban J connectivity index is 1.72. The summed E-state index contributed by atoms with van der Waals surface area (Å²) in [6.07, 6.45) is 0. The van der Waals surface area contributed by atoms with Gasteiger partial charge < -0.3 is 15.2 Å². The second-order valence-corrected chi connectivity index (χ2v) is 6.87. The number of aromatic amines is 1. The lowest BCUT2D eigenvalue weighted by molar-refractivity contribution is -0.116. The summed E-state index contributed by atoms with van der Waals surface area (Å²) in [5.41, 5.74) is 4.62. The number of rotatable bonds is 4. The molecule has 3 rings (SSSR count). The van der Waals surface area contributed by atoms with Gasteiger partial charge in [0.25, 0.3) is 5.91 Å². The fourth-order valence-electron chi connectivity index (χ4n) is 3.28. The van der Waals surface area contributed by atoms with Crippen molar-refractivity contribution < 1.29 is 14.0 Å². The van der Waals surface area contributed by atoms with E-state index in [4.69, 9.17) is 0 Å². The normalized spacial score (nSPS) is 10.9. The number of fused-ring (bicyclic) bond motifs is 1. The molecule has 0 unspecified atom stereocenters. The molecule has 2 aromatic carbocycles. The topological polar surface area (TPSA) is 65.2 Å². The molecule has 2 amide bonds. The van der Waals surface area contributed by atoms with E-state index in [1.54, 1.807) is 19.2 Å². The van der Waals surface area contributed by atoms with E-state index >= 15 is 0 Å². The first-order valence-electron chi connectivity index (χ1n) is 8.66. The summed E-state index contributed by atoms with van der Waals surface area (Å²) in [5, 5.41) is 3.23. The highest BCUT2D eigenvalue weighted by Crippen LogP contribution is 2.22. The molecule has 0 bridgehead atoms. The van der Waals surface area contributed by atoms with Crippen LogP contribution in [0.2, 0.25) is 0 Å². The molecule has 0 spiro atoms. The van der Waals surface area contributed by atoms with E-state index in [2.05, 4.69) is 10.3 Å². The molecule has 0 saturated heterocycles. The minimum Gasteiger partial charge on any atom is -0.350 e. The van der Waals surface area contributed by atoms with Crippen LogP contribution in [-0.4, -0.2) is 35.3 Å². The van der Waals surface area contributed by atoms with Crippen LogP contribution in [0.1, 0.15) is 27.2 Å². The van der Waals surface area contributed by atoms with E-state index in [0.29, 0.717) is 10.9 Å². The fourth-order valence-corrected chi connectivity index (χ4v) is 3.28. The Hall–Kier alpha value is -3.15. The number of hydrogen-bond donors (Lipinski definition) is 2. The van der Waals surface area contributed by atoms with Gasteiger partial charge in [-0.05, 0) is 50.1 Å². The lowest BCUT2D eigenvalue weighted by Gasteiger charge is -2.18. The molecule has 1 heterocycles. The first-order valence-corrected chi connectivity index (χ1v) is 8.66. The van der Waals surface area contributed by atoms with Gasteiger partial charge in [0, 0.05) is 23.6 Å². The number of halogens is 1. The molecule has 0 aliphatic carbocycles. The maximum atomic E-state index is 13.8. The Kier molecular flexibility index (Phi) is 4.99. The number of benzene rings is 2. The van der Waals surface area contributed by atoms with Gasteiger partial charge in [0.1, 0.15) is 11.5 Å². The molecule has 0 aliphatic heterocycles. The molecule has 5 nitrogen and oxygen atoms in total. The number of nitrogens with one attached hydrogen (secondary N) is 2. The molecule has 0 saturated carbocycles. The summed E-state index contributed by atoms with van der Waals surface area (Å²) < 4.78 is 13.8. The van der Waals surface area contributed by atoms with Crippen LogP contribution in [0.4, 0.5) is 10.1 Å². The van der Waals surface area contributed by atoms with Crippen LogP contribution in [0.5, 0.6) is 0 Å². The molecule has 140 valence electrons. The summed E-state index contributed by atoms with van der Waals surface area (Å²) in [6.45, 7) is 5.76. The van der Waals surface area contributed by atoms with E-state index in [0.717, 1.165) is 22.4 Å². The van der Waals surface area contributed by atoms with Crippen LogP contribution in [0.15, 0.2) is 36.4 Å². The summed E-state index contributed by atoms with van der Waals surface area (Å²) >= 11 is 0. The zero-order valence-electron chi connectivity index (χ0n) is 15.8. The quantitative estimate of drug-likeness (QED) is 0.733. The first-order chi connectivity index (χ1) is 12.8. The number of hydrogen-bond acceptors (Lipinski definition) is 2. The van der Waals surface area contributed by atoms with Crippen LogP contribution < -0.4 is 5.32 Å². The highest BCUT2D eigenvalue weighted by Gasteiger charge is 2.18. The standard InChI is InChI=1S/C21H22FN3O2/c1-12-8-13(2)20(14(3)9-12)24-19(26)11-25(4)21(27)18-10-15-16(22)6-5-7-17(15)23-18/h5-10,23H,11H2,1-4H3,(H,24,26). The third-order valence-corrected chi connectivity index (χ3v) is 4.51. The van der Waals surface area contributed by atoms with E-state index in [-0.39, 0.29) is 24.1 Å². The number of amides is 2. The van der Waals surface area contributed by atoms with Gasteiger partial charge >= 0.3 is 0 Å². The van der Waals surface area contributed by atoms with Crippen molar-refractivity contribution in [2.24, 2.45) is 0 Å². The number of nitrogens with zero attached hydrogens (tertiary/aromatic N) is 1. The number of H-pyrrole nitrogens is 1. The van der Waals surface area contributed by atoms with Crippen LogP contribution in [0.3, 0.4) is 0 Å². The maximum Gasteiger partial charge on any atom is 0.270 e. The number of aromatic nitrogens is 1. The number of aryl methyl sites for hydroxylation is 3. The van der Waals surface area contributed by atoms with Gasteiger partial charge in [-0.15, -0.1) is 0 Å². The number of carbonyl (C=O) groups excluding carboxylic acids is 2. The van der Waals surface area contributed by atoms with Crippen molar-refractivity contribution in [3.63, 3.8) is 0 Å². The van der Waals surface area contributed by atoms with Gasteiger partial charge in [0.2, 0.25) is 5.91 Å². The largest absolute Gasteiger partial charge is 0.350 e. The van der Waals surface area contributed by atoms with E-state index < -0.39 is 5.82 Å². The van der Waals surface area contributed by atoms with Gasteiger partial charge in [-0.2, -0.15) is 0 Å². The summed E-state index contributed by atoms with van der Waals surface area (Å²) in [5.74, 6) is -1.06. The molecule has 0 fully saturated rings. The van der Waals surface area contributed by atoms with Crippen molar-refractivity contribution in [2.45, 2.75) is 20.8 Å². The van der Waals surface area contributed by atoms with Crippen LogP contribution in [0.25, 0.3) is 10.9 Å². The zero-order chi connectivity index (χ0) is 19.7. The second-order valence-electron chi connectivity index (χ2n) is 6.87. The van der Waals surface area contributed by atoms with Crippen LogP contribution >= 0.6 is 0 Å². The van der Waals surface area contributed by atoms with Crippen molar-refractivity contribution in [1.82, 2.24) is 9.88 Å². The molecule has 27 heavy (non-hydrogen) atoms. The van der Waals surface area contributed by atoms with Gasteiger partial charge in [0.05, 0.1) is 6.54 Å². The van der Waals surface area contributed by atoms with E-state index in [1.807, 2.05) is 32.9 Å². The molecule has 6 heteroatoms. The predicted molar refractivity (Wildman–Crippen MR) is 104 cm³/mol. The van der Waals surface area contributed by atoms with Crippen molar-refractivity contribution in [3.8, 4) is 0 Å². The molecule has 0 radical (unpaired) electrons. The van der Waals surface area contributed by atoms with E-state index in [9.17, 15) is 14.0 Å². The minimum atomic E-state index is -0.395. The minimum absolute atomic E-state index is 0.108. The van der Waals surface area contributed by atoms with Crippen LogP contribution in [-0.2, 0) is 4.79 Å². The van der Waals surface area contributed by atoms with Crippen molar-refractivity contribution in [2.75, 3.05) is 18.9 Å². The average Bonchev–Trinajstić information content (AvgIpc) is 3.03. The molecular formula is C21H22FN3O2. The van der Waals surface area contributed by atoms with Gasteiger partial charge in [0.15, 0.2) is 0 Å². The highest BCUT2D eigenvalue weighted by atomic mass is 19.1. The molecular weight excluding hydrogens is 345 g/mol.